The van der Waals surface area contributed by atoms with E-state index >= 15 is 0 Å². The van der Waals surface area contributed by atoms with E-state index < -0.39 is 63.2 Å². The van der Waals surface area contributed by atoms with E-state index in [9.17, 15) is 27.3 Å². The van der Waals surface area contributed by atoms with Crippen LogP contribution in [-0.4, -0.2) is 46.7 Å². The monoisotopic (exact) mass is 642 g/mol. The summed E-state index contributed by atoms with van der Waals surface area (Å²) in [6.45, 7) is 13.6. The van der Waals surface area contributed by atoms with Gasteiger partial charge in [0, 0.05) is 11.4 Å². The highest BCUT2D eigenvalue weighted by Gasteiger charge is 2.43. The standard InChI is InChI=1S/C32H45F3N2O6S/c1-21-17-23(19-25(18-21)32(33,34)35)22(2)42-20-31(24-13-11-10-12-14-24,37-44(40)30(6,7)8)16-15-26(27(38)41-9)36-28(39)43-29(3,4)5/h10-14,17-19,22,26,37H,15-16,20H2,1-9H3,(H,36,39)/t22-,26?,31-,44-/m1/s1. The Balaban J connectivity index is 2.52. The molecular weight excluding hydrogens is 597 g/mol. The highest BCUT2D eigenvalue weighted by molar-refractivity contribution is 7.90. The lowest BCUT2D eigenvalue weighted by Crippen LogP contribution is -2.55. The van der Waals surface area contributed by atoms with Crippen molar-refractivity contribution in [2.24, 2.45) is 0 Å². The van der Waals surface area contributed by atoms with Gasteiger partial charge in [0.05, 0.1) is 25.4 Å². The summed E-state index contributed by atoms with van der Waals surface area (Å²) in [6, 6.07) is 11.7. The minimum absolute atomic E-state index is 0.0234. The van der Waals surface area contributed by atoms with E-state index in [2.05, 4.69) is 10.0 Å². The second kappa shape index (κ2) is 15.0. The molecule has 2 aromatic rings. The number of halogens is 3. The molecule has 246 valence electrons. The topological polar surface area (TPSA) is 109 Å². The second-order valence-electron chi connectivity index (χ2n) is 12.8. The summed E-state index contributed by atoms with van der Waals surface area (Å²) in [7, 11) is 1.20. The fourth-order valence-electron chi connectivity index (χ4n) is 4.33. The van der Waals surface area contributed by atoms with Crippen molar-refractivity contribution < 1.29 is 41.5 Å². The number of benzene rings is 2. The molecule has 12 heteroatoms. The van der Waals surface area contributed by atoms with Crippen molar-refractivity contribution in [3.63, 3.8) is 0 Å². The molecule has 2 N–H and O–H groups in total. The Hall–Kier alpha value is -2.80. The van der Waals surface area contributed by atoms with Gasteiger partial charge in [-0.3, -0.25) is 0 Å². The second-order valence-corrected chi connectivity index (χ2v) is 14.7. The van der Waals surface area contributed by atoms with Gasteiger partial charge in [-0.1, -0.05) is 42.0 Å². The first-order chi connectivity index (χ1) is 20.2. The summed E-state index contributed by atoms with van der Waals surface area (Å²) in [5, 5.41) is 2.56. The molecule has 0 saturated heterocycles. The van der Waals surface area contributed by atoms with Crippen molar-refractivity contribution in [1.29, 1.82) is 0 Å². The fraction of sp³-hybridized carbons (Fsp3) is 0.562. The number of esters is 1. The molecule has 0 fully saturated rings. The summed E-state index contributed by atoms with van der Waals surface area (Å²) < 4.78 is 73.3. The van der Waals surface area contributed by atoms with Gasteiger partial charge in [0.2, 0.25) is 0 Å². The van der Waals surface area contributed by atoms with Gasteiger partial charge in [-0.2, -0.15) is 13.2 Å². The molecule has 0 aliphatic rings. The van der Waals surface area contributed by atoms with E-state index in [4.69, 9.17) is 14.2 Å². The lowest BCUT2D eigenvalue weighted by Gasteiger charge is -2.39. The third-order valence-corrected chi connectivity index (χ3v) is 8.37. The van der Waals surface area contributed by atoms with Crippen molar-refractivity contribution in [1.82, 2.24) is 10.0 Å². The Labute approximate surface area is 261 Å². The van der Waals surface area contributed by atoms with Crippen molar-refractivity contribution in [2.75, 3.05) is 13.7 Å². The van der Waals surface area contributed by atoms with E-state index in [0.29, 0.717) is 16.7 Å². The fourth-order valence-corrected chi connectivity index (χ4v) is 5.27. The zero-order chi connectivity index (χ0) is 33.5. The first kappa shape index (κ1) is 37.4. The number of aryl methyl sites for hydroxylation is 1. The van der Waals surface area contributed by atoms with Gasteiger partial charge in [0.1, 0.15) is 21.9 Å². The molecule has 2 rings (SSSR count). The predicted octanol–water partition coefficient (Wildman–Crippen LogP) is 6.89. The third-order valence-electron chi connectivity index (χ3n) is 6.68. The molecule has 0 spiro atoms. The van der Waals surface area contributed by atoms with Crippen LogP contribution in [0.3, 0.4) is 0 Å². The van der Waals surface area contributed by atoms with Gasteiger partial charge in [-0.25, -0.2) is 9.59 Å². The SMILES string of the molecule is COC(=O)C(CC[C@](CO[C@H](C)c1cc(C)cc(C(F)(F)F)c1)(N[S@+]([O-])C(C)(C)C)c1ccccc1)NC(=O)OC(C)(C)C. The molecule has 1 amide bonds. The number of amides is 1. The largest absolute Gasteiger partial charge is 0.598 e. The highest BCUT2D eigenvalue weighted by atomic mass is 32.2. The Kier molecular flexibility index (Phi) is 12.7. The van der Waals surface area contributed by atoms with Crippen LogP contribution in [0.15, 0.2) is 48.5 Å². The van der Waals surface area contributed by atoms with Crippen LogP contribution in [0.1, 0.15) is 89.7 Å². The molecule has 0 aliphatic heterocycles. The molecule has 8 nitrogen and oxygen atoms in total. The number of nitrogens with one attached hydrogen (secondary N) is 2. The van der Waals surface area contributed by atoms with Gasteiger partial charge < -0.3 is 24.1 Å². The van der Waals surface area contributed by atoms with E-state index in [1.54, 1.807) is 73.6 Å². The Bertz CT molecular complexity index is 1250. The molecule has 0 saturated carbocycles. The number of carbonyl (C=O) groups is 2. The van der Waals surface area contributed by atoms with Gasteiger partial charge in [-0.05, 0) is 91.5 Å². The van der Waals surface area contributed by atoms with Crippen molar-refractivity contribution in [3.8, 4) is 0 Å². The molecule has 0 aliphatic carbocycles. The van der Waals surface area contributed by atoms with Crippen LogP contribution >= 0.6 is 0 Å². The summed E-state index contributed by atoms with van der Waals surface area (Å²) in [4.78, 5) is 25.3. The summed E-state index contributed by atoms with van der Waals surface area (Å²) in [5.41, 5.74) is -1.36. The third kappa shape index (κ3) is 11.3. The van der Waals surface area contributed by atoms with Gasteiger partial charge >= 0.3 is 18.2 Å². The predicted molar refractivity (Wildman–Crippen MR) is 164 cm³/mol. The molecule has 4 atom stereocenters. The molecule has 0 aromatic heterocycles. The molecule has 44 heavy (non-hydrogen) atoms. The number of hydrogen-bond acceptors (Lipinski definition) is 7. The van der Waals surface area contributed by atoms with Crippen LogP contribution in [0.4, 0.5) is 18.0 Å². The Morgan fingerprint density at radius 3 is 2.11 bits per heavy atom. The maximum atomic E-state index is 13.6. The van der Waals surface area contributed by atoms with Crippen LogP contribution in [0.25, 0.3) is 0 Å². The summed E-state index contributed by atoms with van der Waals surface area (Å²) in [5.74, 6) is -0.705. The minimum atomic E-state index is -4.52. The van der Waals surface area contributed by atoms with Crippen LogP contribution < -0.4 is 10.0 Å². The smallest absolute Gasteiger partial charge is 0.416 e. The van der Waals surface area contributed by atoms with Crippen molar-refractivity contribution in [2.45, 2.75) is 102 Å². The average Bonchev–Trinajstić information content (AvgIpc) is 2.91. The Morgan fingerprint density at radius 1 is 0.977 bits per heavy atom. The van der Waals surface area contributed by atoms with Gasteiger partial charge in [0.15, 0.2) is 0 Å². The zero-order valence-electron chi connectivity index (χ0n) is 26.9. The number of ether oxygens (including phenoxy) is 3. The molecule has 0 bridgehead atoms. The average molecular weight is 643 g/mol. The number of methoxy groups -OCH3 is 1. The number of alkyl carbamates (subject to hydrolysis) is 1. The maximum Gasteiger partial charge on any atom is 0.416 e. The number of hydrogen-bond donors (Lipinski definition) is 2. The quantitative estimate of drug-likeness (QED) is 0.192. The normalized spacial score (nSPS) is 15.9. The van der Waals surface area contributed by atoms with Crippen molar-refractivity contribution in [3.05, 3.63) is 70.8 Å². The van der Waals surface area contributed by atoms with E-state index in [1.807, 2.05) is 18.2 Å². The molecule has 2 aromatic carbocycles. The molecular formula is C32H45F3N2O6S. The van der Waals surface area contributed by atoms with E-state index in [1.165, 1.54) is 7.11 Å². The van der Waals surface area contributed by atoms with Gasteiger partial charge in [0.25, 0.3) is 0 Å². The molecule has 0 heterocycles. The maximum absolute atomic E-state index is 13.6. The summed E-state index contributed by atoms with van der Waals surface area (Å²) >= 11 is -1.64. The lowest BCUT2D eigenvalue weighted by molar-refractivity contribution is -0.143. The van der Waals surface area contributed by atoms with Crippen LogP contribution in [0.5, 0.6) is 0 Å². The van der Waals surface area contributed by atoms with Crippen LogP contribution in [0.2, 0.25) is 0 Å². The highest BCUT2D eigenvalue weighted by Crippen LogP contribution is 2.35. The van der Waals surface area contributed by atoms with E-state index in [-0.39, 0.29) is 19.4 Å². The van der Waals surface area contributed by atoms with Crippen LogP contribution in [0, 0.1) is 6.92 Å². The van der Waals surface area contributed by atoms with Crippen LogP contribution in [-0.2, 0) is 42.1 Å². The Morgan fingerprint density at radius 2 is 1.59 bits per heavy atom. The first-order valence-corrected chi connectivity index (χ1v) is 15.4. The number of rotatable bonds is 12. The zero-order valence-corrected chi connectivity index (χ0v) is 27.7. The summed E-state index contributed by atoms with van der Waals surface area (Å²) in [6.07, 6.45) is -5.98. The number of alkyl halides is 3. The van der Waals surface area contributed by atoms with E-state index in [0.717, 1.165) is 12.1 Å². The van der Waals surface area contributed by atoms with Crippen molar-refractivity contribution >= 4 is 23.4 Å². The molecule has 1 unspecified atom stereocenters. The molecule has 0 radical (unpaired) electrons. The first-order valence-electron chi connectivity index (χ1n) is 14.3. The lowest BCUT2D eigenvalue weighted by atomic mass is 9.85. The van der Waals surface area contributed by atoms with Gasteiger partial charge in [-0.15, -0.1) is 4.72 Å². The minimum Gasteiger partial charge on any atom is -0.598 e. The number of carbonyl (C=O) groups excluding carboxylic acids is 2.